The average molecular weight is 171 g/mol. The molecule has 0 atom stereocenters. The van der Waals surface area contributed by atoms with Crippen molar-refractivity contribution in [3.63, 3.8) is 0 Å². The van der Waals surface area contributed by atoms with E-state index in [0.717, 1.165) is 0 Å². The summed E-state index contributed by atoms with van der Waals surface area (Å²) < 4.78 is 0. The van der Waals surface area contributed by atoms with Crippen LogP contribution in [-0.4, -0.2) is 44.5 Å². The van der Waals surface area contributed by atoms with Crippen LogP contribution >= 0.6 is 0 Å². The molecule has 12 heavy (non-hydrogen) atoms. The number of hydrogen-bond acceptors (Lipinski definition) is 6. The van der Waals surface area contributed by atoms with E-state index in [-0.39, 0.29) is 5.82 Å². The van der Waals surface area contributed by atoms with E-state index in [9.17, 15) is 4.79 Å². The zero-order valence-electron chi connectivity index (χ0n) is 6.05. The number of nitrogens with one attached hydrogen (secondary N) is 1. The Labute approximate surface area is 66.2 Å². The van der Waals surface area contributed by atoms with Gasteiger partial charge in [0.15, 0.2) is 0 Å². The third-order valence-corrected chi connectivity index (χ3v) is 0.942. The number of rotatable bonds is 3. The van der Waals surface area contributed by atoms with Gasteiger partial charge in [0.05, 0.1) is 0 Å². The van der Waals surface area contributed by atoms with Gasteiger partial charge >= 0.3 is 5.97 Å². The van der Waals surface area contributed by atoms with E-state index in [0.29, 0.717) is 0 Å². The van der Waals surface area contributed by atoms with E-state index in [4.69, 9.17) is 5.11 Å². The van der Waals surface area contributed by atoms with E-state index in [1.807, 2.05) is 0 Å². The highest BCUT2D eigenvalue weighted by Gasteiger charge is 2.17. The molecule has 1 heterocycles. The van der Waals surface area contributed by atoms with Crippen molar-refractivity contribution in [1.29, 1.82) is 0 Å². The first-order valence-corrected chi connectivity index (χ1v) is 2.84. The fourth-order valence-electron chi connectivity index (χ4n) is 0.529. The van der Waals surface area contributed by atoms with Gasteiger partial charge in [-0.05, 0) is 5.21 Å². The van der Waals surface area contributed by atoms with Crippen LogP contribution in [0.4, 0.5) is 0 Å². The molecule has 0 aliphatic rings. The number of carboxylic acid groups (broad SMARTS) is 1. The second-order valence-electron chi connectivity index (χ2n) is 1.66. The van der Waals surface area contributed by atoms with E-state index in [2.05, 4.69) is 30.6 Å². The predicted octanol–water partition coefficient (Wildman–Crippen LogP) is -1.37. The molecule has 64 valence electrons. The van der Waals surface area contributed by atoms with Crippen molar-refractivity contribution in [1.82, 2.24) is 20.6 Å². The first-order chi connectivity index (χ1) is 5.75. The molecule has 1 rings (SSSR count). The Morgan fingerprint density at radius 1 is 1.75 bits per heavy atom. The monoisotopic (exact) mass is 171 g/mol. The Balaban J connectivity index is 2.96. The molecule has 0 spiro atoms. The fraction of sp³-hybridized carbons (Fsp3) is 0.250. The summed E-state index contributed by atoms with van der Waals surface area (Å²) in [6.45, 7) is 0. The largest absolute Gasteiger partial charge is 0.476 e. The summed E-state index contributed by atoms with van der Waals surface area (Å²) in [5.41, 5.74) is -0.397. The summed E-state index contributed by atoms with van der Waals surface area (Å²) in [7, 11) is 1.23. The molecule has 0 saturated carbocycles. The fourth-order valence-corrected chi connectivity index (χ4v) is 0.529. The minimum Gasteiger partial charge on any atom is -0.476 e. The van der Waals surface area contributed by atoms with Crippen LogP contribution in [0.1, 0.15) is 5.82 Å². The summed E-state index contributed by atoms with van der Waals surface area (Å²) in [6.07, 6.45) is 0. The standard InChI is InChI=1S/C4H5N5O3/c1-12-7-2(4(10)11)3-5-8-9-6-3/h1H3,(H,10,11)(H,5,6,8,9)/b7-2+. The Kier molecular flexibility index (Phi) is 2.31. The highest BCUT2D eigenvalue weighted by atomic mass is 16.6. The van der Waals surface area contributed by atoms with Crippen molar-refractivity contribution in [2.45, 2.75) is 0 Å². The molecule has 0 aliphatic heterocycles. The SMILES string of the molecule is CO/N=C(/C(=O)O)c1nn[nH]n1. The smallest absolute Gasteiger partial charge is 0.362 e. The lowest BCUT2D eigenvalue weighted by Gasteiger charge is -1.91. The Morgan fingerprint density at radius 2 is 2.50 bits per heavy atom. The summed E-state index contributed by atoms with van der Waals surface area (Å²) >= 11 is 0. The van der Waals surface area contributed by atoms with Gasteiger partial charge in [-0.15, -0.1) is 10.2 Å². The van der Waals surface area contributed by atoms with Gasteiger partial charge in [-0.3, -0.25) is 0 Å². The summed E-state index contributed by atoms with van der Waals surface area (Å²) in [5, 5.41) is 23.8. The van der Waals surface area contributed by atoms with Crippen LogP contribution < -0.4 is 0 Å². The van der Waals surface area contributed by atoms with Crippen molar-refractivity contribution in [2.75, 3.05) is 7.11 Å². The summed E-state index contributed by atoms with van der Waals surface area (Å²) in [5.74, 6) is -1.40. The number of aromatic nitrogens is 4. The molecule has 2 N–H and O–H groups in total. The second kappa shape index (κ2) is 3.42. The van der Waals surface area contributed by atoms with Gasteiger partial charge in [0, 0.05) is 0 Å². The third kappa shape index (κ3) is 1.54. The molecule has 0 aliphatic carbocycles. The van der Waals surface area contributed by atoms with Gasteiger partial charge in [0.1, 0.15) is 7.11 Å². The van der Waals surface area contributed by atoms with Crippen molar-refractivity contribution >= 4 is 11.7 Å². The van der Waals surface area contributed by atoms with Gasteiger partial charge in [-0.1, -0.05) is 5.16 Å². The molecule has 0 aromatic carbocycles. The van der Waals surface area contributed by atoms with Gasteiger partial charge in [0.25, 0.3) is 0 Å². The lowest BCUT2D eigenvalue weighted by molar-refractivity contribution is -0.129. The summed E-state index contributed by atoms with van der Waals surface area (Å²) in [6, 6.07) is 0. The molecule has 1 aromatic rings. The van der Waals surface area contributed by atoms with Crippen LogP contribution in [-0.2, 0) is 9.63 Å². The number of H-pyrrole nitrogens is 1. The Bertz CT molecular complexity index is 292. The van der Waals surface area contributed by atoms with Gasteiger partial charge < -0.3 is 9.94 Å². The summed E-state index contributed by atoms with van der Waals surface area (Å²) in [4.78, 5) is 14.7. The topological polar surface area (TPSA) is 113 Å². The highest BCUT2D eigenvalue weighted by molar-refractivity contribution is 6.41. The van der Waals surface area contributed by atoms with Crippen molar-refractivity contribution in [3.8, 4) is 0 Å². The number of aliphatic carboxylic acids is 1. The Morgan fingerprint density at radius 3 is 2.92 bits per heavy atom. The molecular formula is C4H5N5O3. The number of oxime groups is 1. The number of nitrogens with zero attached hydrogens (tertiary/aromatic N) is 4. The van der Waals surface area contributed by atoms with E-state index in [1.54, 1.807) is 0 Å². The maximum absolute atomic E-state index is 10.5. The van der Waals surface area contributed by atoms with E-state index in [1.165, 1.54) is 7.11 Å². The van der Waals surface area contributed by atoms with E-state index >= 15 is 0 Å². The minimum absolute atomic E-state index is 0.121. The molecular weight excluding hydrogens is 166 g/mol. The molecule has 1 aromatic heterocycles. The van der Waals surface area contributed by atoms with Crippen molar-refractivity contribution in [2.24, 2.45) is 5.16 Å². The molecule has 8 nitrogen and oxygen atoms in total. The number of aromatic amines is 1. The minimum atomic E-state index is -1.28. The number of tetrazole rings is 1. The second-order valence-corrected chi connectivity index (χ2v) is 1.66. The molecule has 0 fully saturated rings. The average Bonchev–Trinajstić information content (AvgIpc) is 2.51. The van der Waals surface area contributed by atoms with Crippen LogP contribution in [0.5, 0.6) is 0 Å². The lowest BCUT2D eigenvalue weighted by Crippen LogP contribution is -2.16. The van der Waals surface area contributed by atoms with Gasteiger partial charge in [-0.25, -0.2) is 4.79 Å². The lowest BCUT2D eigenvalue weighted by atomic mass is 10.4. The van der Waals surface area contributed by atoms with Crippen molar-refractivity contribution < 1.29 is 14.7 Å². The normalized spacial score (nSPS) is 11.2. The molecule has 8 heteroatoms. The number of carboxylic acids is 1. The first-order valence-electron chi connectivity index (χ1n) is 2.84. The predicted molar refractivity (Wildman–Crippen MR) is 35.4 cm³/mol. The van der Waals surface area contributed by atoms with Crippen LogP contribution in [0.3, 0.4) is 0 Å². The first kappa shape index (κ1) is 8.11. The zero-order valence-corrected chi connectivity index (χ0v) is 6.05. The molecule has 0 unspecified atom stereocenters. The molecule has 0 amide bonds. The van der Waals surface area contributed by atoms with Gasteiger partial charge in [-0.2, -0.15) is 5.21 Å². The highest BCUT2D eigenvalue weighted by Crippen LogP contribution is 1.90. The van der Waals surface area contributed by atoms with Crippen LogP contribution in [0.2, 0.25) is 0 Å². The quantitative estimate of drug-likeness (QED) is 0.428. The Hall–Kier alpha value is -1.99. The number of hydrogen-bond donors (Lipinski definition) is 2. The van der Waals surface area contributed by atoms with Crippen LogP contribution in [0.15, 0.2) is 5.16 Å². The maximum Gasteiger partial charge on any atom is 0.362 e. The maximum atomic E-state index is 10.5. The van der Waals surface area contributed by atoms with Crippen LogP contribution in [0, 0.1) is 0 Å². The zero-order chi connectivity index (χ0) is 8.97. The van der Waals surface area contributed by atoms with Crippen molar-refractivity contribution in [3.05, 3.63) is 5.82 Å². The molecule has 0 saturated heterocycles. The van der Waals surface area contributed by atoms with E-state index < -0.39 is 11.7 Å². The molecule has 0 bridgehead atoms. The van der Waals surface area contributed by atoms with Gasteiger partial charge in [0.2, 0.25) is 11.5 Å². The number of carbonyl (C=O) groups is 1. The van der Waals surface area contributed by atoms with Crippen LogP contribution in [0.25, 0.3) is 0 Å². The third-order valence-electron chi connectivity index (χ3n) is 0.942. The molecule has 0 radical (unpaired) electrons.